The molecule has 3 aromatic rings. The maximum absolute atomic E-state index is 12.3. The molecule has 3 aromatic carbocycles. The largest absolute Gasteiger partial charge is 0.483 e. The molecule has 0 bridgehead atoms. The number of carbonyl (C=O) groups excluding carboxylic acids is 2. The molecule has 7 heteroatoms. The molecule has 0 spiro atoms. The SMILES string of the molecule is CCOC(=O)c1ccc(NCc2cc(Br)ccc2OCC(=O)Nc2ccc(C)cc2)cc1. The number of hydrogen-bond acceptors (Lipinski definition) is 5. The van der Waals surface area contributed by atoms with Gasteiger partial charge in [-0.25, -0.2) is 4.79 Å². The Bertz CT molecular complexity index is 1070. The van der Waals surface area contributed by atoms with Crippen molar-refractivity contribution in [2.75, 3.05) is 23.8 Å². The maximum Gasteiger partial charge on any atom is 0.338 e. The number of carbonyl (C=O) groups is 2. The standard InChI is InChI=1S/C25H25BrN2O4/c1-3-31-25(30)18-6-11-21(12-7-18)27-15-19-14-20(26)8-13-23(19)32-16-24(29)28-22-9-4-17(2)5-10-22/h4-14,27H,3,15-16H2,1-2H3,(H,28,29). The number of aryl methyl sites for hydroxylation is 1. The Kier molecular flexibility index (Phi) is 8.27. The topological polar surface area (TPSA) is 76.7 Å². The lowest BCUT2D eigenvalue weighted by Crippen LogP contribution is -2.20. The minimum Gasteiger partial charge on any atom is -0.483 e. The fourth-order valence-electron chi connectivity index (χ4n) is 2.94. The minimum atomic E-state index is -0.342. The highest BCUT2D eigenvalue weighted by atomic mass is 79.9. The van der Waals surface area contributed by atoms with Crippen molar-refractivity contribution in [3.8, 4) is 5.75 Å². The van der Waals surface area contributed by atoms with E-state index in [1.54, 1.807) is 19.1 Å². The highest BCUT2D eigenvalue weighted by Crippen LogP contribution is 2.25. The predicted octanol–water partition coefficient (Wildman–Crippen LogP) is 5.56. The number of amides is 1. The molecule has 0 aliphatic carbocycles. The Morgan fingerprint density at radius 3 is 2.31 bits per heavy atom. The van der Waals surface area contributed by atoms with E-state index in [-0.39, 0.29) is 18.5 Å². The minimum absolute atomic E-state index is 0.100. The van der Waals surface area contributed by atoms with Gasteiger partial charge in [-0.05, 0) is 68.4 Å². The molecule has 0 aliphatic rings. The van der Waals surface area contributed by atoms with Crippen LogP contribution >= 0.6 is 15.9 Å². The molecule has 0 unspecified atom stereocenters. The summed E-state index contributed by atoms with van der Waals surface area (Å²) < 4.78 is 11.7. The molecular formula is C25H25BrN2O4. The van der Waals surface area contributed by atoms with E-state index in [9.17, 15) is 9.59 Å². The Morgan fingerprint density at radius 2 is 1.62 bits per heavy atom. The molecule has 0 fully saturated rings. The number of anilines is 2. The molecule has 3 rings (SSSR count). The van der Waals surface area contributed by atoms with Crippen LogP contribution in [0, 0.1) is 6.92 Å². The average Bonchev–Trinajstić information content (AvgIpc) is 2.79. The van der Waals surface area contributed by atoms with Crippen molar-refractivity contribution in [2.45, 2.75) is 20.4 Å². The first-order valence-corrected chi connectivity index (χ1v) is 11.0. The van der Waals surface area contributed by atoms with Gasteiger partial charge in [-0.3, -0.25) is 4.79 Å². The summed E-state index contributed by atoms with van der Waals surface area (Å²) in [4.78, 5) is 24.0. The molecule has 166 valence electrons. The summed E-state index contributed by atoms with van der Waals surface area (Å²) in [5.74, 6) is 0.0405. The number of benzene rings is 3. The first-order valence-electron chi connectivity index (χ1n) is 10.2. The van der Waals surface area contributed by atoms with Crippen LogP contribution in [0.1, 0.15) is 28.4 Å². The number of hydrogen-bond donors (Lipinski definition) is 2. The van der Waals surface area contributed by atoms with Gasteiger partial charge in [-0.15, -0.1) is 0 Å². The Morgan fingerprint density at radius 1 is 0.938 bits per heavy atom. The van der Waals surface area contributed by atoms with Gasteiger partial charge >= 0.3 is 5.97 Å². The number of rotatable bonds is 9. The van der Waals surface area contributed by atoms with Crippen LogP contribution in [0.25, 0.3) is 0 Å². The summed E-state index contributed by atoms with van der Waals surface area (Å²) in [6.45, 7) is 4.49. The fourth-order valence-corrected chi connectivity index (χ4v) is 3.35. The van der Waals surface area contributed by atoms with Crippen LogP contribution in [-0.2, 0) is 16.1 Å². The number of nitrogens with one attached hydrogen (secondary N) is 2. The highest BCUT2D eigenvalue weighted by Gasteiger charge is 2.10. The zero-order chi connectivity index (χ0) is 22.9. The van der Waals surface area contributed by atoms with E-state index in [1.807, 2.05) is 61.5 Å². The zero-order valence-corrected chi connectivity index (χ0v) is 19.6. The van der Waals surface area contributed by atoms with E-state index in [4.69, 9.17) is 9.47 Å². The lowest BCUT2D eigenvalue weighted by atomic mass is 10.1. The summed E-state index contributed by atoms with van der Waals surface area (Å²) in [5.41, 5.74) is 4.09. The van der Waals surface area contributed by atoms with Gasteiger partial charge in [0.15, 0.2) is 6.61 Å². The van der Waals surface area contributed by atoms with Crippen molar-refractivity contribution in [3.63, 3.8) is 0 Å². The highest BCUT2D eigenvalue weighted by molar-refractivity contribution is 9.10. The Labute approximate surface area is 196 Å². The first-order chi connectivity index (χ1) is 15.4. The van der Waals surface area contributed by atoms with E-state index >= 15 is 0 Å². The van der Waals surface area contributed by atoms with Crippen LogP contribution in [0.2, 0.25) is 0 Å². The van der Waals surface area contributed by atoms with E-state index in [1.165, 1.54) is 0 Å². The Balaban J connectivity index is 1.59. The van der Waals surface area contributed by atoms with E-state index < -0.39 is 0 Å². The van der Waals surface area contributed by atoms with Crippen molar-refractivity contribution in [1.82, 2.24) is 0 Å². The smallest absolute Gasteiger partial charge is 0.338 e. The molecule has 6 nitrogen and oxygen atoms in total. The molecular weight excluding hydrogens is 472 g/mol. The molecule has 32 heavy (non-hydrogen) atoms. The summed E-state index contributed by atoms with van der Waals surface area (Å²) in [6.07, 6.45) is 0. The second kappa shape index (κ2) is 11.3. The van der Waals surface area contributed by atoms with Crippen LogP contribution in [0.5, 0.6) is 5.75 Å². The molecule has 0 saturated carbocycles. The maximum atomic E-state index is 12.3. The number of ether oxygens (including phenoxy) is 2. The van der Waals surface area contributed by atoms with Crippen LogP contribution in [0.4, 0.5) is 11.4 Å². The predicted molar refractivity (Wildman–Crippen MR) is 129 cm³/mol. The third kappa shape index (κ3) is 6.85. The quantitative estimate of drug-likeness (QED) is 0.379. The second-order valence-corrected chi connectivity index (χ2v) is 8.02. The zero-order valence-electron chi connectivity index (χ0n) is 18.0. The lowest BCUT2D eigenvalue weighted by Gasteiger charge is -2.14. The van der Waals surface area contributed by atoms with E-state index in [0.717, 1.165) is 27.0 Å². The third-order valence-corrected chi connectivity index (χ3v) is 5.09. The number of esters is 1. The van der Waals surface area contributed by atoms with Crippen molar-refractivity contribution in [3.05, 3.63) is 87.9 Å². The van der Waals surface area contributed by atoms with Crippen molar-refractivity contribution in [1.29, 1.82) is 0 Å². The monoisotopic (exact) mass is 496 g/mol. The second-order valence-electron chi connectivity index (χ2n) is 7.11. The Hall–Kier alpha value is -3.32. The van der Waals surface area contributed by atoms with Gasteiger partial charge in [0.25, 0.3) is 5.91 Å². The van der Waals surface area contributed by atoms with Crippen LogP contribution in [0.15, 0.2) is 71.2 Å². The van der Waals surface area contributed by atoms with Gasteiger partial charge in [-0.2, -0.15) is 0 Å². The lowest BCUT2D eigenvalue weighted by molar-refractivity contribution is -0.118. The molecule has 0 radical (unpaired) electrons. The summed E-state index contributed by atoms with van der Waals surface area (Å²) >= 11 is 3.48. The molecule has 1 amide bonds. The number of halogens is 1. The van der Waals surface area contributed by atoms with Gasteiger partial charge < -0.3 is 20.1 Å². The van der Waals surface area contributed by atoms with Crippen LogP contribution in [-0.4, -0.2) is 25.1 Å². The molecule has 0 aliphatic heterocycles. The van der Waals surface area contributed by atoms with Crippen LogP contribution in [0.3, 0.4) is 0 Å². The summed E-state index contributed by atoms with van der Waals surface area (Å²) in [7, 11) is 0. The summed E-state index contributed by atoms with van der Waals surface area (Å²) in [5, 5.41) is 6.13. The molecule has 0 aromatic heterocycles. The summed E-state index contributed by atoms with van der Waals surface area (Å²) in [6, 6.07) is 20.3. The van der Waals surface area contributed by atoms with Crippen molar-refractivity contribution in [2.24, 2.45) is 0 Å². The van der Waals surface area contributed by atoms with Gasteiger partial charge in [-0.1, -0.05) is 33.6 Å². The molecule has 0 saturated heterocycles. The van der Waals surface area contributed by atoms with Gasteiger partial charge in [0.1, 0.15) is 5.75 Å². The average molecular weight is 497 g/mol. The molecule has 0 heterocycles. The molecule has 0 atom stereocenters. The van der Waals surface area contributed by atoms with Gasteiger partial charge in [0.05, 0.1) is 12.2 Å². The first kappa shape index (κ1) is 23.3. The van der Waals surface area contributed by atoms with Gasteiger partial charge in [0, 0.05) is 28.0 Å². The van der Waals surface area contributed by atoms with Gasteiger partial charge in [0.2, 0.25) is 0 Å². The van der Waals surface area contributed by atoms with Crippen LogP contribution < -0.4 is 15.4 Å². The third-order valence-electron chi connectivity index (χ3n) is 4.60. The van der Waals surface area contributed by atoms with E-state index in [2.05, 4.69) is 26.6 Å². The van der Waals surface area contributed by atoms with Crippen molar-refractivity contribution >= 4 is 39.2 Å². The fraction of sp³-hybridized carbons (Fsp3) is 0.200. The van der Waals surface area contributed by atoms with E-state index in [0.29, 0.717) is 24.5 Å². The van der Waals surface area contributed by atoms with Crippen molar-refractivity contribution < 1.29 is 19.1 Å². The molecule has 2 N–H and O–H groups in total. The normalized spacial score (nSPS) is 10.3.